The number of rotatable bonds is 10. The number of benzene rings is 3. The predicted octanol–water partition coefficient (Wildman–Crippen LogP) is 5.76. The first-order valence-electron chi connectivity index (χ1n) is 11.2. The highest BCUT2D eigenvalue weighted by Crippen LogP contribution is 2.31. The number of nitrogens with zero attached hydrogens (tertiary/aromatic N) is 2. The maximum absolute atomic E-state index is 13.4. The highest BCUT2D eigenvalue weighted by molar-refractivity contribution is 7.98. The molecule has 3 aromatic carbocycles. The molecule has 1 heterocycles. The second kappa shape index (κ2) is 12.0. The number of carbonyl (C=O) groups is 1. The lowest BCUT2D eigenvalue weighted by molar-refractivity contribution is -0.117. The van der Waals surface area contributed by atoms with E-state index in [0.717, 1.165) is 11.1 Å². The van der Waals surface area contributed by atoms with Crippen LogP contribution in [0.2, 0.25) is 5.02 Å². The van der Waals surface area contributed by atoms with E-state index in [1.807, 2.05) is 12.3 Å². The van der Waals surface area contributed by atoms with Crippen molar-refractivity contribution in [1.29, 1.82) is 0 Å². The molecule has 0 radical (unpaired) electrons. The summed E-state index contributed by atoms with van der Waals surface area (Å²) in [5.41, 5.74) is 8.68. The molecule has 0 unspecified atom stereocenters. The van der Waals surface area contributed by atoms with Crippen LogP contribution in [0.25, 0.3) is 10.9 Å². The van der Waals surface area contributed by atoms with Crippen molar-refractivity contribution < 1.29 is 13.9 Å². The standard InChI is InChI=1S/C26H25ClFN5O2S/c1-36-10-9-22(29)26(34)33-18-5-7-23-20(12-18)25(31-15-30-23)32-19-6-8-24(21(27)13-19)35-14-16-3-2-4-17(28)11-16/h2-8,11-13,15,22H,9-10,14,29H2,1H3,(H,33,34)(H,30,31,32)/t22-/m0/s1. The van der Waals surface area contributed by atoms with Gasteiger partial charge < -0.3 is 21.1 Å². The Labute approximate surface area is 217 Å². The van der Waals surface area contributed by atoms with E-state index in [9.17, 15) is 9.18 Å². The first kappa shape index (κ1) is 25.7. The van der Waals surface area contributed by atoms with Crippen LogP contribution in [-0.4, -0.2) is 33.9 Å². The number of amides is 1. The van der Waals surface area contributed by atoms with Gasteiger partial charge in [-0.25, -0.2) is 14.4 Å². The summed E-state index contributed by atoms with van der Waals surface area (Å²) in [5.74, 6) is 1.27. The quantitative estimate of drug-likeness (QED) is 0.242. The fourth-order valence-corrected chi connectivity index (χ4v) is 4.19. The van der Waals surface area contributed by atoms with E-state index in [1.54, 1.807) is 54.2 Å². The van der Waals surface area contributed by atoms with Gasteiger partial charge in [0.1, 0.15) is 30.3 Å². The molecule has 4 N–H and O–H groups in total. The van der Waals surface area contributed by atoms with Crippen molar-refractivity contribution >= 4 is 57.4 Å². The van der Waals surface area contributed by atoms with E-state index in [1.165, 1.54) is 18.5 Å². The summed E-state index contributed by atoms with van der Waals surface area (Å²) in [6.07, 6.45) is 4.03. The number of ether oxygens (including phenoxy) is 1. The third-order valence-electron chi connectivity index (χ3n) is 5.35. The molecule has 186 valence electrons. The van der Waals surface area contributed by atoms with Crippen LogP contribution in [0, 0.1) is 5.82 Å². The molecule has 1 aromatic heterocycles. The van der Waals surface area contributed by atoms with Crippen LogP contribution in [0.5, 0.6) is 5.75 Å². The van der Waals surface area contributed by atoms with Crippen molar-refractivity contribution in [2.45, 2.75) is 19.1 Å². The number of hydrogen-bond acceptors (Lipinski definition) is 7. The van der Waals surface area contributed by atoms with Crippen molar-refractivity contribution in [2.24, 2.45) is 5.73 Å². The van der Waals surface area contributed by atoms with Crippen LogP contribution in [0.1, 0.15) is 12.0 Å². The molecule has 0 aliphatic heterocycles. The van der Waals surface area contributed by atoms with Crippen LogP contribution in [0.15, 0.2) is 67.0 Å². The number of fused-ring (bicyclic) bond motifs is 1. The predicted molar refractivity (Wildman–Crippen MR) is 145 cm³/mol. The normalized spacial score (nSPS) is 11.8. The zero-order chi connectivity index (χ0) is 25.5. The molecule has 0 saturated carbocycles. The fraction of sp³-hybridized carbons (Fsp3) is 0.192. The van der Waals surface area contributed by atoms with Gasteiger partial charge in [0.15, 0.2) is 0 Å². The SMILES string of the molecule is CSCC[C@H](N)C(=O)Nc1ccc2ncnc(Nc3ccc(OCc4cccc(F)c4)c(Cl)c3)c2c1. The van der Waals surface area contributed by atoms with Gasteiger partial charge in [-0.3, -0.25) is 4.79 Å². The number of nitrogens with one attached hydrogen (secondary N) is 2. The Kier molecular flexibility index (Phi) is 8.58. The molecule has 0 aliphatic carbocycles. The van der Waals surface area contributed by atoms with E-state index >= 15 is 0 Å². The smallest absolute Gasteiger partial charge is 0.241 e. The Balaban J connectivity index is 1.48. The Morgan fingerprint density at radius 2 is 1.97 bits per heavy atom. The van der Waals surface area contributed by atoms with Gasteiger partial charge in [0.25, 0.3) is 0 Å². The van der Waals surface area contributed by atoms with Gasteiger partial charge in [-0.05, 0) is 72.5 Å². The van der Waals surface area contributed by atoms with Crippen molar-refractivity contribution in [1.82, 2.24) is 9.97 Å². The second-order valence-corrected chi connectivity index (χ2v) is 9.41. The van der Waals surface area contributed by atoms with E-state index < -0.39 is 6.04 Å². The zero-order valence-electron chi connectivity index (χ0n) is 19.5. The fourth-order valence-electron chi connectivity index (χ4n) is 3.47. The number of anilines is 3. The Bertz CT molecular complexity index is 1370. The van der Waals surface area contributed by atoms with Crippen LogP contribution in [0.4, 0.5) is 21.6 Å². The molecule has 0 fully saturated rings. The number of hydrogen-bond donors (Lipinski definition) is 3. The minimum atomic E-state index is -0.582. The Morgan fingerprint density at radius 1 is 1.14 bits per heavy atom. The summed E-state index contributed by atoms with van der Waals surface area (Å²) in [5, 5.41) is 7.22. The highest BCUT2D eigenvalue weighted by Gasteiger charge is 2.14. The van der Waals surface area contributed by atoms with Crippen molar-refractivity contribution in [3.05, 3.63) is 83.4 Å². The van der Waals surface area contributed by atoms with Crippen LogP contribution >= 0.6 is 23.4 Å². The molecule has 0 saturated heterocycles. The summed E-state index contributed by atoms with van der Waals surface area (Å²) in [7, 11) is 0. The lowest BCUT2D eigenvalue weighted by atomic mass is 10.1. The topological polar surface area (TPSA) is 102 Å². The number of halogens is 2. The largest absolute Gasteiger partial charge is 0.487 e. The van der Waals surface area contributed by atoms with Gasteiger partial charge in [-0.2, -0.15) is 11.8 Å². The maximum atomic E-state index is 13.4. The van der Waals surface area contributed by atoms with Gasteiger partial charge in [0.2, 0.25) is 5.91 Å². The molecule has 10 heteroatoms. The average Bonchev–Trinajstić information content (AvgIpc) is 2.87. The summed E-state index contributed by atoms with van der Waals surface area (Å²) < 4.78 is 19.1. The molecule has 4 rings (SSSR count). The Hall–Kier alpha value is -3.40. The molecule has 0 bridgehead atoms. The van der Waals surface area contributed by atoms with E-state index in [-0.39, 0.29) is 18.3 Å². The molecular formula is C26H25ClFN5O2S. The summed E-state index contributed by atoms with van der Waals surface area (Å²) >= 11 is 8.07. The molecule has 4 aromatic rings. The third kappa shape index (κ3) is 6.63. The third-order valence-corrected chi connectivity index (χ3v) is 6.29. The van der Waals surface area contributed by atoms with Crippen LogP contribution < -0.4 is 21.1 Å². The summed E-state index contributed by atoms with van der Waals surface area (Å²) in [6, 6.07) is 16.3. The summed E-state index contributed by atoms with van der Waals surface area (Å²) in [4.78, 5) is 21.1. The number of nitrogens with two attached hydrogens (primary N) is 1. The number of carbonyl (C=O) groups excluding carboxylic acids is 1. The van der Waals surface area contributed by atoms with Crippen LogP contribution in [-0.2, 0) is 11.4 Å². The van der Waals surface area contributed by atoms with Crippen LogP contribution in [0.3, 0.4) is 0 Å². The van der Waals surface area contributed by atoms with Gasteiger partial charge in [0.05, 0.1) is 16.6 Å². The Morgan fingerprint density at radius 3 is 2.75 bits per heavy atom. The van der Waals surface area contributed by atoms with Crippen molar-refractivity contribution in [3.63, 3.8) is 0 Å². The van der Waals surface area contributed by atoms with Gasteiger partial charge in [0, 0.05) is 16.8 Å². The minimum Gasteiger partial charge on any atom is -0.487 e. The summed E-state index contributed by atoms with van der Waals surface area (Å²) in [6.45, 7) is 0.191. The maximum Gasteiger partial charge on any atom is 0.241 e. The molecule has 36 heavy (non-hydrogen) atoms. The zero-order valence-corrected chi connectivity index (χ0v) is 21.1. The van der Waals surface area contributed by atoms with Crippen molar-refractivity contribution in [2.75, 3.05) is 22.6 Å². The van der Waals surface area contributed by atoms with E-state index in [2.05, 4.69) is 20.6 Å². The first-order valence-corrected chi connectivity index (χ1v) is 12.9. The van der Waals surface area contributed by atoms with Gasteiger partial charge in [-0.15, -0.1) is 0 Å². The lowest BCUT2D eigenvalue weighted by Crippen LogP contribution is -2.36. The number of aromatic nitrogens is 2. The monoisotopic (exact) mass is 525 g/mol. The molecule has 1 amide bonds. The van der Waals surface area contributed by atoms with Gasteiger partial charge >= 0.3 is 0 Å². The number of thioether (sulfide) groups is 1. The molecule has 0 spiro atoms. The van der Waals surface area contributed by atoms with E-state index in [0.29, 0.717) is 45.5 Å². The molecule has 1 atom stereocenters. The second-order valence-electron chi connectivity index (χ2n) is 8.02. The van der Waals surface area contributed by atoms with Crippen molar-refractivity contribution in [3.8, 4) is 5.75 Å². The lowest BCUT2D eigenvalue weighted by Gasteiger charge is -2.14. The minimum absolute atomic E-state index is 0.191. The van der Waals surface area contributed by atoms with E-state index in [4.69, 9.17) is 22.1 Å². The highest BCUT2D eigenvalue weighted by atomic mass is 35.5. The molecular weight excluding hydrogens is 501 g/mol. The molecule has 7 nitrogen and oxygen atoms in total. The average molecular weight is 526 g/mol. The molecule has 0 aliphatic rings. The first-order chi connectivity index (χ1) is 17.4. The van der Waals surface area contributed by atoms with Gasteiger partial charge in [-0.1, -0.05) is 23.7 Å².